The topological polar surface area (TPSA) is 0 Å². The molecule has 0 amide bonds. The van der Waals surface area contributed by atoms with Gasteiger partial charge in [-0.25, -0.2) is 0 Å². The van der Waals surface area contributed by atoms with Gasteiger partial charge in [0.25, 0.3) is 0 Å². The van der Waals surface area contributed by atoms with Gasteiger partial charge in [0.1, 0.15) is 0 Å². The van der Waals surface area contributed by atoms with E-state index in [1.165, 1.54) is 55.2 Å². The molecule has 1 saturated carbocycles. The van der Waals surface area contributed by atoms with Crippen molar-refractivity contribution in [2.75, 3.05) is 0 Å². The summed E-state index contributed by atoms with van der Waals surface area (Å²) in [6, 6.07) is 10.7. The highest BCUT2D eigenvalue weighted by Gasteiger charge is 2.09. The van der Waals surface area contributed by atoms with E-state index in [1.54, 1.807) is 0 Å². The van der Waals surface area contributed by atoms with Crippen LogP contribution in [0.5, 0.6) is 0 Å². The molecular formula is C16H20. The average Bonchev–Trinajstić information content (AvgIpc) is 2.72. The van der Waals surface area contributed by atoms with E-state index >= 15 is 0 Å². The Morgan fingerprint density at radius 3 is 2.62 bits per heavy atom. The molecule has 0 atom stereocenters. The van der Waals surface area contributed by atoms with Gasteiger partial charge in [-0.05, 0) is 49.7 Å². The maximum atomic E-state index is 4.10. The summed E-state index contributed by atoms with van der Waals surface area (Å²) in [5.74, 6) is 0. The molecule has 1 aromatic rings. The van der Waals surface area contributed by atoms with E-state index in [1.807, 2.05) is 0 Å². The van der Waals surface area contributed by atoms with Gasteiger partial charge in [0, 0.05) is 0 Å². The summed E-state index contributed by atoms with van der Waals surface area (Å²) in [6.07, 6.45) is 9.82. The number of aryl methyl sites for hydroxylation is 1. The molecule has 1 aliphatic carbocycles. The molecule has 2 rings (SSSR count). The predicted molar refractivity (Wildman–Crippen MR) is 70.5 cm³/mol. The summed E-state index contributed by atoms with van der Waals surface area (Å²) in [6.45, 7) is 4.10. The molecule has 16 heavy (non-hydrogen) atoms. The highest BCUT2D eigenvalue weighted by atomic mass is 14.1. The van der Waals surface area contributed by atoms with E-state index < -0.39 is 0 Å². The molecule has 0 spiro atoms. The zero-order valence-corrected chi connectivity index (χ0v) is 9.91. The zero-order valence-electron chi connectivity index (χ0n) is 9.91. The van der Waals surface area contributed by atoms with Gasteiger partial charge < -0.3 is 0 Å². The summed E-state index contributed by atoms with van der Waals surface area (Å²) in [4.78, 5) is 0. The molecule has 1 aliphatic rings. The number of hydrogen-bond acceptors (Lipinski definition) is 0. The molecule has 0 radical (unpaired) electrons. The van der Waals surface area contributed by atoms with Crippen LogP contribution in [0.4, 0.5) is 0 Å². The molecule has 0 aliphatic heterocycles. The van der Waals surface area contributed by atoms with E-state index in [0.717, 1.165) is 0 Å². The molecule has 84 valence electrons. The maximum absolute atomic E-state index is 4.10. The third-order valence-corrected chi connectivity index (χ3v) is 3.28. The second-order valence-corrected chi connectivity index (χ2v) is 4.56. The molecule has 0 unspecified atom stereocenters. The van der Waals surface area contributed by atoms with Crippen molar-refractivity contribution < 1.29 is 0 Å². The van der Waals surface area contributed by atoms with Gasteiger partial charge >= 0.3 is 0 Å². The quantitative estimate of drug-likeness (QED) is 0.636. The lowest BCUT2D eigenvalue weighted by Gasteiger charge is -2.00. The van der Waals surface area contributed by atoms with Crippen molar-refractivity contribution in [2.24, 2.45) is 0 Å². The highest BCUT2D eigenvalue weighted by molar-refractivity contribution is 5.32. The van der Waals surface area contributed by atoms with Crippen molar-refractivity contribution in [1.29, 1.82) is 0 Å². The largest absolute Gasteiger partial charge is 0.0956 e. The number of rotatable bonds is 4. The Kier molecular flexibility index (Phi) is 3.98. The molecule has 0 bridgehead atoms. The van der Waals surface area contributed by atoms with Gasteiger partial charge in [-0.3, -0.25) is 0 Å². The SMILES string of the molecule is C=C1CCC/C1=C/CCCc1ccccc1. The van der Waals surface area contributed by atoms with Crippen molar-refractivity contribution in [3.05, 3.63) is 59.7 Å². The molecule has 0 N–H and O–H groups in total. The van der Waals surface area contributed by atoms with Crippen LogP contribution < -0.4 is 0 Å². The van der Waals surface area contributed by atoms with Crippen molar-refractivity contribution in [1.82, 2.24) is 0 Å². The fourth-order valence-electron chi connectivity index (χ4n) is 2.30. The van der Waals surface area contributed by atoms with E-state index in [-0.39, 0.29) is 0 Å². The van der Waals surface area contributed by atoms with E-state index in [0.29, 0.717) is 0 Å². The first kappa shape index (κ1) is 11.2. The normalized spacial score (nSPS) is 18.2. The lowest BCUT2D eigenvalue weighted by Crippen LogP contribution is -1.84. The molecule has 1 fully saturated rings. The Bertz CT molecular complexity index is 370. The third-order valence-electron chi connectivity index (χ3n) is 3.28. The van der Waals surface area contributed by atoms with Gasteiger partial charge in [0.05, 0.1) is 0 Å². The zero-order chi connectivity index (χ0) is 11.2. The molecule has 0 heteroatoms. The summed E-state index contributed by atoms with van der Waals surface area (Å²) in [5.41, 5.74) is 4.35. The number of unbranched alkanes of at least 4 members (excludes halogenated alkanes) is 1. The number of benzene rings is 1. The minimum Gasteiger partial charge on any atom is -0.0956 e. The molecular weight excluding hydrogens is 192 g/mol. The second kappa shape index (κ2) is 5.69. The Balaban J connectivity index is 1.75. The Hall–Kier alpha value is -1.30. The first-order valence-corrected chi connectivity index (χ1v) is 6.27. The van der Waals surface area contributed by atoms with Gasteiger partial charge in [0.2, 0.25) is 0 Å². The summed E-state index contributed by atoms with van der Waals surface area (Å²) >= 11 is 0. The number of hydrogen-bond donors (Lipinski definition) is 0. The van der Waals surface area contributed by atoms with Crippen molar-refractivity contribution in [3.8, 4) is 0 Å². The summed E-state index contributed by atoms with van der Waals surface area (Å²) in [7, 11) is 0. The van der Waals surface area contributed by atoms with Crippen LogP contribution in [0, 0.1) is 0 Å². The van der Waals surface area contributed by atoms with Gasteiger partial charge in [-0.1, -0.05) is 48.6 Å². The monoisotopic (exact) mass is 212 g/mol. The van der Waals surface area contributed by atoms with E-state index in [4.69, 9.17) is 0 Å². The average molecular weight is 212 g/mol. The van der Waals surface area contributed by atoms with Crippen LogP contribution in [-0.4, -0.2) is 0 Å². The van der Waals surface area contributed by atoms with E-state index in [9.17, 15) is 0 Å². The van der Waals surface area contributed by atoms with Crippen LogP contribution in [0.1, 0.15) is 37.7 Å². The molecule has 0 nitrogen and oxygen atoms in total. The van der Waals surface area contributed by atoms with Crippen LogP contribution in [-0.2, 0) is 6.42 Å². The van der Waals surface area contributed by atoms with Crippen LogP contribution in [0.25, 0.3) is 0 Å². The predicted octanol–water partition coefficient (Wildman–Crippen LogP) is 4.68. The Morgan fingerprint density at radius 1 is 1.12 bits per heavy atom. The van der Waals surface area contributed by atoms with Crippen LogP contribution in [0.2, 0.25) is 0 Å². The number of allylic oxidation sites excluding steroid dienone is 3. The van der Waals surface area contributed by atoms with Crippen LogP contribution in [0.3, 0.4) is 0 Å². The molecule has 0 saturated heterocycles. The third kappa shape index (κ3) is 3.10. The minimum absolute atomic E-state index is 1.19. The maximum Gasteiger partial charge on any atom is -0.0276 e. The smallest absolute Gasteiger partial charge is 0.0276 e. The fourth-order valence-corrected chi connectivity index (χ4v) is 2.30. The van der Waals surface area contributed by atoms with Crippen molar-refractivity contribution in [2.45, 2.75) is 38.5 Å². The molecule has 0 aromatic heterocycles. The minimum atomic E-state index is 1.19. The fraction of sp³-hybridized carbons (Fsp3) is 0.375. The van der Waals surface area contributed by atoms with Gasteiger partial charge in [0.15, 0.2) is 0 Å². The molecule has 0 heterocycles. The Labute approximate surface area is 98.7 Å². The summed E-state index contributed by atoms with van der Waals surface area (Å²) in [5, 5.41) is 0. The van der Waals surface area contributed by atoms with Crippen molar-refractivity contribution in [3.63, 3.8) is 0 Å². The van der Waals surface area contributed by atoms with Crippen LogP contribution >= 0.6 is 0 Å². The summed E-state index contributed by atoms with van der Waals surface area (Å²) < 4.78 is 0. The standard InChI is InChI=1S/C16H20/c1-14-8-7-13-16(14)12-6-5-11-15-9-3-2-4-10-15/h2-4,9-10,12H,1,5-8,11,13H2/b16-12-. The lowest BCUT2D eigenvalue weighted by molar-refractivity contribution is 0.835. The van der Waals surface area contributed by atoms with Gasteiger partial charge in [-0.15, -0.1) is 0 Å². The first-order valence-electron chi connectivity index (χ1n) is 6.27. The van der Waals surface area contributed by atoms with E-state index in [2.05, 4.69) is 43.0 Å². The lowest BCUT2D eigenvalue weighted by atomic mass is 10.1. The Morgan fingerprint density at radius 2 is 1.94 bits per heavy atom. The second-order valence-electron chi connectivity index (χ2n) is 4.56. The first-order chi connectivity index (χ1) is 7.86. The highest BCUT2D eigenvalue weighted by Crippen LogP contribution is 2.29. The van der Waals surface area contributed by atoms with Crippen LogP contribution in [0.15, 0.2) is 54.1 Å². The molecule has 1 aromatic carbocycles. The van der Waals surface area contributed by atoms with Crippen molar-refractivity contribution >= 4 is 0 Å². The van der Waals surface area contributed by atoms with Gasteiger partial charge in [-0.2, -0.15) is 0 Å².